The number of hydrogen-bond donors (Lipinski definition) is 2. The Morgan fingerprint density at radius 3 is 2.93 bits per heavy atom. The van der Waals surface area contributed by atoms with E-state index in [0.29, 0.717) is 13.2 Å². The Hall–Kier alpha value is -1.07. The molecule has 1 rings (SSSR count). The Kier molecular flexibility index (Phi) is 4.42. The van der Waals surface area contributed by atoms with Crippen LogP contribution in [0.4, 0.5) is 5.69 Å². The van der Waals surface area contributed by atoms with E-state index < -0.39 is 0 Å². The standard InChI is InChI=1S/C9H17N3O2/c1-8-9(7-12(2)11-8)10-3-5-14-6-4-13/h7,10,13H,3-6H2,1-2H3. The Balaban J connectivity index is 2.21. The van der Waals surface area contributed by atoms with Crippen molar-refractivity contribution in [1.82, 2.24) is 9.78 Å². The number of aryl methyl sites for hydroxylation is 2. The van der Waals surface area contributed by atoms with Gasteiger partial charge in [-0.1, -0.05) is 0 Å². The van der Waals surface area contributed by atoms with Gasteiger partial charge in [-0.15, -0.1) is 0 Å². The molecule has 5 nitrogen and oxygen atoms in total. The van der Waals surface area contributed by atoms with Crippen LogP contribution in [0.5, 0.6) is 0 Å². The molecule has 0 radical (unpaired) electrons. The van der Waals surface area contributed by atoms with Crippen LogP contribution in [0.25, 0.3) is 0 Å². The van der Waals surface area contributed by atoms with Gasteiger partial charge in [0, 0.05) is 19.8 Å². The van der Waals surface area contributed by atoms with Gasteiger partial charge in [0.05, 0.1) is 31.2 Å². The Morgan fingerprint density at radius 2 is 2.36 bits per heavy atom. The lowest BCUT2D eigenvalue weighted by atomic mass is 10.4. The molecule has 5 heteroatoms. The smallest absolute Gasteiger partial charge is 0.0824 e. The Morgan fingerprint density at radius 1 is 1.57 bits per heavy atom. The van der Waals surface area contributed by atoms with Crippen LogP contribution in [-0.2, 0) is 11.8 Å². The first-order valence-electron chi connectivity index (χ1n) is 4.66. The number of nitrogens with zero attached hydrogens (tertiary/aromatic N) is 2. The van der Waals surface area contributed by atoms with Crippen molar-refractivity contribution in [3.63, 3.8) is 0 Å². The molecule has 14 heavy (non-hydrogen) atoms. The fourth-order valence-electron chi connectivity index (χ4n) is 1.20. The van der Waals surface area contributed by atoms with Crippen LogP contribution in [0, 0.1) is 6.92 Å². The van der Waals surface area contributed by atoms with E-state index in [4.69, 9.17) is 9.84 Å². The summed E-state index contributed by atoms with van der Waals surface area (Å²) in [4.78, 5) is 0. The van der Waals surface area contributed by atoms with E-state index in [9.17, 15) is 0 Å². The van der Waals surface area contributed by atoms with E-state index in [1.165, 1.54) is 0 Å². The zero-order valence-corrected chi connectivity index (χ0v) is 8.66. The first-order valence-corrected chi connectivity index (χ1v) is 4.66. The monoisotopic (exact) mass is 199 g/mol. The first kappa shape index (κ1) is 11.0. The normalized spacial score (nSPS) is 10.5. The molecule has 0 saturated carbocycles. The van der Waals surface area contributed by atoms with Gasteiger partial charge in [0.2, 0.25) is 0 Å². The average Bonchev–Trinajstić information content (AvgIpc) is 2.45. The van der Waals surface area contributed by atoms with Crippen molar-refractivity contribution in [3.8, 4) is 0 Å². The predicted molar refractivity (Wildman–Crippen MR) is 54.3 cm³/mol. The zero-order valence-electron chi connectivity index (χ0n) is 8.66. The van der Waals surface area contributed by atoms with E-state index in [-0.39, 0.29) is 6.61 Å². The number of rotatable bonds is 6. The van der Waals surface area contributed by atoms with Gasteiger partial charge in [-0.2, -0.15) is 5.10 Å². The topological polar surface area (TPSA) is 59.3 Å². The average molecular weight is 199 g/mol. The van der Waals surface area contributed by atoms with Crippen molar-refractivity contribution in [1.29, 1.82) is 0 Å². The molecule has 0 spiro atoms. The molecule has 0 unspecified atom stereocenters. The summed E-state index contributed by atoms with van der Waals surface area (Å²) < 4.78 is 6.88. The van der Waals surface area contributed by atoms with Gasteiger partial charge in [0.25, 0.3) is 0 Å². The summed E-state index contributed by atoms with van der Waals surface area (Å²) in [5.74, 6) is 0. The minimum absolute atomic E-state index is 0.0753. The van der Waals surface area contributed by atoms with Crippen LogP contribution >= 0.6 is 0 Å². The third kappa shape index (κ3) is 3.35. The zero-order chi connectivity index (χ0) is 10.4. The van der Waals surface area contributed by atoms with Crippen molar-refractivity contribution in [3.05, 3.63) is 11.9 Å². The van der Waals surface area contributed by atoms with Crippen molar-refractivity contribution >= 4 is 5.69 Å². The number of nitrogens with one attached hydrogen (secondary N) is 1. The predicted octanol–water partition coefficient (Wildman–Crippen LogP) is 0.149. The molecule has 0 aromatic carbocycles. The molecule has 80 valence electrons. The quantitative estimate of drug-likeness (QED) is 0.640. The van der Waals surface area contributed by atoms with E-state index in [0.717, 1.165) is 17.9 Å². The van der Waals surface area contributed by atoms with Gasteiger partial charge in [0.15, 0.2) is 0 Å². The first-order chi connectivity index (χ1) is 6.74. The third-order valence-electron chi connectivity index (χ3n) is 1.81. The minimum Gasteiger partial charge on any atom is -0.394 e. The Labute approximate surface area is 83.7 Å². The number of aliphatic hydroxyl groups excluding tert-OH is 1. The summed E-state index contributed by atoms with van der Waals surface area (Å²) in [6.07, 6.45) is 1.93. The summed E-state index contributed by atoms with van der Waals surface area (Å²) in [6, 6.07) is 0. The highest BCUT2D eigenvalue weighted by Gasteiger charge is 2.00. The summed E-state index contributed by atoms with van der Waals surface area (Å²) >= 11 is 0. The summed E-state index contributed by atoms with van der Waals surface area (Å²) in [5.41, 5.74) is 2.01. The summed E-state index contributed by atoms with van der Waals surface area (Å²) in [7, 11) is 1.89. The minimum atomic E-state index is 0.0753. The van der Waals surface area contributed by atoms with Gasteiger partial charge in [-0.25, -0.2) is 0 Å². The molecule has 0 atom stereocenters. The molecule has 0 aliphatic rings. The molecule has 0 aliphatic heterocycles. The van der Waals surface area contributed by atoms with Gasteiger partial charge in [-0.05, 0) is 6.92 Å². The highest BCUT2D eigenvalue weighted by atomic mass is 16.5. The van der Waals surface area contributed by atoms with Crippen LogP contribution in [-0.4, -0.2) is 41.3 Å². The lowest BCUT2D eigenvalue weighted by Crippen LogP contribution is -2.11. The maximum Gasteiger partial charge on any atom is 0.0824 e. The lowest BCUT2D eigenvalue weighted by Gasteiger charge is -2.04. The van der Waals surface area contributed by atoms with Gasteiger partial charge >= 0.3 is 0 Å². The van der Waals surface area contributed by atoms with E-state index in [1.54, 1.807) is 4.68 Å². The van der Waals surface area contributed by atoms with Crippen LogP contribution in [0.15, 0.2) is 6.20 Å². The number of aromatic nitrogens is 2. The van der Waals surface area contributed by atoms with Gasteiger partial charge in [-0.3, -0.25) is 4.68 Å². The van der Waals surface area contributed by atoms with Crippen LogP contribution in [0.1, 0.15) is 5.69 Å². The fourth-order valence-corrected chi connectivity index (χ4v) is 1.20. The molecule has 0 aliphatic carbocycles. The molecule has 0 saturated heterocycles. The lowest BCUT2D eigenvalue weighted by molar-refractivity contribution is 0.0992. The summed E-state index contributed by atoms with van der Waals surface area (Å²) in [6.45, 7) is 3.75. The molecule has 0 amide bonds. The molecule has 1 heterocycles. The van der Waals surface area contributed by atoms with Crippen LogP contribution in [0.3, 0.4) is 0 Å². The molecule has 2 N–H and O–H groups in total. The van der Waals surface area contributed by atoms with Crippen molar-refractivity contribution < 1.29 is 9.84 Å². The molecule has 0 bridgehead atoms. The van der Waals surface area contributed by atoms with E-state index in [2.05, 4.69) is 10.4 Å². The SMILES string of the molecule is Cc1nn(C)cc1NCCOCCO. The second kappa shape index (κ2) is 5.62. The maximum atomic E-state index is 8.47. The second-order valence-electron chi connectivity index (χ2n) is 3.06. The molecular formula is C9H17N3O2. The van der Waals surface area contributed by atoms with Crippen molar-refractivity contribution in [2.45, 2.75) is 6.92 Å². The van der Waals surface area contributed by atoms with Crippen LogP contribution in [0.2, 0.25) is 0 Å². The molecule has 1 aromatic heterocycles. The maximum absolute atomic E-state index is 8.47. The largest absolute Gasteiger partial charge is 0.394 e. The molecule has 0 fully saturated rings. The number of aliphatic hydroxyl groups is 1. The van der Waals surface area contributed by atoms with E-state index >= 15 is 0 Å². The summed E-state index contributed by atoms with van der Waals surface area (Å²) in [5, 5.41) is 15.9. The third-order valence-corrected chi connectivity index (χ3v) is 1.81. The number of hydrogen-bond acceptors (Lipinski definition) is 4. The fraction of sp³-hybridized carbons (Fsp3) is 0.667. The Bertz CT molecular complexity index is 273. The van der Waals surface area contributed by atoms with E-state index in [1.807, 2.05) is 20.2 Å². The van der Waals surface area contributed by atoms with Gasteiger partial charge < -0.3 is 15.2 Å². The molecule has 1 aromatic rings. The van der Waals surface area contributed by atoms with Gasteiger partial charge in [0.1, 0.15) is 0 Å². The second-order valence-corrected chi connectivity index (χ2v) is 3.06. The van der Waals surface area contributed by atoms with Crippen molar-refractivity contribution in [2.24, 2.45) is 7.05 Å². The number of ether oxygens (including phenoxy) is 1. The highest BCUT2D eigenvalue weighted by molar-refractivity contribution is 5.45. The van der Waals surface area contributed by atoms with Crippen molar-refractivity contribution in [2.75, 3.05) is 31.7 Å². The van der Waals surface area contributed by atoms with Crippen LogP contribution < -0.4 is 5.32 Å². The number of anilines is 1. The molecular weight excluding hydrogens is 182 g/mol. The highest BCUT2D eigenvalue weighted by Crippen LogP contribution is 2.10.